The number of likely N-dealkylation sites (tertiary alicyclic amines) is 1. The van der Waals surface area contributed by atoms with Gasteiger partial charge in [0.25, 0.3) is 0 Å². The Bertz CT molecular complexity index is 375. The smallest absolute Gasteiger partial charge is 0.191 e. The SMILES string of the molecule is CCN1CCCC1CNC(=NC)NCCCCCOC1CCCCC1.I. The monoisotopic (exact) mass is 480 g/mol. The van der Waals surface area contributed by atoms with Crippen LogP contribution in [-0.4, -0.2) is 62.8 Å². The van der Waals surface area contributed by atoms with Crippen LogP contribution < -0.4 is 10.6 Å². The third-order valence-corrected chi connectivity index (χ3v) is 5.65. The van der Waals surface area contributed by atoms with Crippen molar-refractivity contribution in [2.24, 2.45) is 4.99 Å². The normalized spacial score (nSPS) is 22.2. The Hall–Kier alpha value is -0.0800. The molecule has 1 aliphatic carbocycles. The van der Waals surface area contributed by atoms with E-state index in [1.165, 1.54) is 70.8 Å². The molecule has 1 atom stereocenters. The van der Waals surface area contributed by atoms with Crippen LogP contribution >= 0.6 is 24.0 Å². The molecule has 0 radical (unpaired) electrons. The van der Waals surface area contributed by atoms with E-state index in [4.69, 9.17) is 4.74 Å². The van der Waals surface area contributed by atoms with Gasteiger partial charge in [0.05, 0.1) is 6.10 Å². The number of rotatable bonds is 10. The summed E-state index contributed by atoms with van der Waals surface area (Å²) in [5.74, 6) is 0.946. The van der Waals surface area contributed by atoms with Crippen LogP contribution in [0, 0.1) is 0 Å². The molecule has 2 aliphatic rings. The summed E-state index contributed by atoms with van der Waals surface area (Å²) in [6.45, 7) is 7.59. The fraction of sp³-hybridized carbons (Fsp3) is 0.950. The van der Waals surface area contributed by atoms with Crippen molar-refractivity contribution in [1.82, 2.24) is 15.5 Å². The van der Waals surface area contributed by atoms with Gasteiger partial charge in [0.2, 0.25) is 0 Å². The molecule has 5 nitrogen and oxygen atoms in total. The Labute approximate surface area is 178 Å². The molecule has 26 heavy (non-hydrogen) atoms. The number of unbranched alkanes of at least 4 members (excludes halogenated alkanes) is 2. The maximum Gasteiger partial charge on any atom is 0.191 e. The highest BCUT2D eigenvalue weighted by Gasteiger charge is 2.22. The highest BCUT2D eigenvalue weighted by molar-refractivity contribution is 14.0. The van der Waals surface area contributed by atoms with Gasteiger partial charge in [-0.2, -0.15) is 0 Å². The maximum absolute atomic E-state index is 5.99. The predicted molar refractivity (Wildman–Crippen MR) is 122 cm³/mol. The van der Waals surface area contributed by atoms with Gasteiger partial charge in [-0.05, 0) is 58.0 Å². The molecular formula is C20H41IN4O. The van der Waals surface area contributed by atoms with Crippen LogP contribution in [0.25, 0.3) is 0 Å². The average molecular weight is 480 g/mol. The summed E-state index contributed by atoms with van der Waals surface area (Å²) < 4.78 is 5.99. The number of guanidine groups is 1. The van der Waals surface area contributed by atoms with Crippen molar-refractivity contribution in [2.75, 3.05) is 39.8 Å². The molecular weight excluding hydrogens is 439 g/mol. The second-order valence-electron chi connectivity index (χ2n) is 7.50. The fourth-order valence-corrected chi connectivity index (χ4v) is 4.07. The zero-order valence-corrected chi connectivity index (χ0v) is 19.3. The van der Waals surface area contributed by atoms with Crippen LogP contribution in [0.1, 0.15) is 71.1 Å². The van der Waals surface area contributed by atoms with Gasteiger partial charge in [0, 0.05) is 32.8 Å². The Morgan fingerprint density at radius 2 is 1.85 bits per heavy atom. The van der Waals surface area contributed by atoms with E-state index in [1.54, 1.807) is 0 Å². The first kappa shape index (κ1) is 24.0. The Kier molecular flexibility index (Phi) is 13.7. The lowest BCUT2D eigenvalue weighted by Gasteiger charge is -2.24. The molecule has 0 bridgehead atoms. The van der Waals surface area contributed by atoms with Crippen molar-refractivity contribution in [1.29, 1.82) is 0 Å². The second kappa shape index (κ2) is 14.9. The summed E-state index contributed by atoms with van der Waals surface area (Å²) in [6.07, 6.45) is 13.4. The number of ether oxygens (including phenoxy) is 1. The van der Waals surface area contributed by atoms with Crippen molar-refractivity contribution in [3.8, 4) is 0 Å². The second-order valence-corrected chi connectivity index (χ2v) is 7.50. The van der Waals surface area contributed by atoms with Crippen LogP contribution in [0.5, 0.6) is 0 Å². The number of likely N-dealkylation sites (N-methyl/N-ethyl adjacent to an activating group) is 1. The van der Waals surface area contributed by atoms with E-state index in [9.17, 15) is 0 Å². The molecule has 1 unspecified atom stereocenters. The Morgan fingerprint density at radius 1 is 1.04 bits per heavy atom. The first-order valence-electron chi connectivity index (χ1n) is 10.6. The van der Waals surface area contributed by atoms with Gasteiger partial charge in [0.15, 0.2) is 5.96 Å². The molecule has 0 aromatic rings. The van der Waals surface area contributed by atoms with E-state index in [0.717, 1.165) is 32.2 Å². The van der Waals surface area contributed by atoms with Crippen molar-refractivity contribution in [3.63, 3.8) is 0 Å². The minimum Gasteiger partial charge on any atom is -0.378 e. The lowest BCUT2D eigenvalue weighted by molar-refractivity contribution is 0.0264. The molecule has 1 saturated heterocycles. The first-order valence-corrected chi connectivity index (χ1v) is 10.6. The summed E-state index contributed by atoms with van der Waals surface area (Å²) in [6, 6.07) is 0.667. The Morgan fingerprint density at radius 3 is 2.58 bits per heavy atom. The van der Waals surface area contributed by atoms with Crippen LogP contribution in [0.3, 0.4) is 0 Å². The zero-order chi connectivity index (χ0) is 17.7. The van der Waals surface area contributed by atoms with Gasteiger partial charge < -0.3 is 15.4 Å². The summed E-state index contributed by atoms with van der Waals surface area (Å²) in [7, 11) is 1.86. The number of nitrogens with one attached hydrogen (secondary N) is 2. The summed E-state index contributed by atoms with van der Waals surface area (Å²) in [4.78, 5) is 6.91. The van der Waals surface area contributed by atoms with E-state index >= 15 is 0 Å². The molecule has 2 fully saturated rings. The molecule has 0 amide bonds. The first-order chi connectivity index (χ1) is 12.3. The van der Waals surface area contributed by atoms with E-state index < -0.39 is 0 Å². The molecule has 0 spiro atoms. The number of halogens is 1. The van der Waals surface area contributed by atoms with Crippen LogP contribution in [0.4, 0.5) is 0 Å². The van der Waals surface area contributed by atoms with E-state index in [1.807, 2.05) is 7.05 Å². The lowest BCUT2D eigenvalue weighted by Crippen LogP contribution is -2.45. The highest BCUT2D eigenvalue weighted by atomic mass is 127. The number of hydrogen-bond donors (Lipinski definition) is 2. The van der Waals surface area contributed by atoms with Gasteiger partial charge in [-0.3, -0.25) is 9.89 Å². The van der Waals surface area contributed by atoms with Gasteiger partial charge in [0.1, 0.15) is 0 Å². The lowest BCUT2D eigenvalue weighted by atomic mass is 9.98. The predicted octanol–water partition coefficient (Wildman–Crippen LogP) is 3.77. The largest absolute Gasteiger partial charge is 0.378 e. The molecule has 154 valence electrons. The molecule has 0 aromatic heterocycles. The van der Waals surface area contributed by atoms with E-state index in [-0.39, 0.29) is 24.0 Å². The number of hydrogen-bond acceptors (Lipinski definition) is 3. The average Bonchev–Trinajstić information content (AvgIpc) is 3.12. The number of aliphatic imine (C=N–C) groups is 1. The topological polar surface area (TPSA) is 48.9 Å². The highest BCUT2D eigenvalue weighted by Crippen LogP contribution is 2.20. The van der Waals surface area contributed by atoms with E-state index in [2.05, 4.69) is 27.4 Å². The van der Waals surface area contributed by atoms with Crippen molar-refractivity contribution in [2.45, 2.75) is 83.3 Å². The minimum atomic E-state index is 0. The summed E-state index contributed by atoms with van der Waals surface area (Å²) >= 11 is 0. The molecule has 2 N–H and O–H groups in total. The minimum absolute atomic E-state index is 0. The third kappa shape index (κ3) is 9.22. The van der Waals surface area contributed by atoms with Crippen LogP contribution in [-0.2, 0) is 4.74 Å². The van der Waals surface area contributed by atoms with E-state index in [0.29, 0.717) is 12.1 Å². The molecule has 0 aromatic carbocycles. The Balaban J connectivity index is 0.00000338. The van der Waals surface area contributed by atoms with Gasteiger partial charge in [-0.1, -0.05) is 26.2 Å². The van der Waals surface area contributed by atoms with Crippen molar-refractivity contribution in [3.05, 3.63) is 0 Å². The molecule has 6 heteroatoms. The quantitative estimate of drug-likeness (QED) is 0.216. The van der Waals surface area contributed by atoms with Crippen LogP contribution in [0.2, 0.25) is 0 Å². The summed E-state index contributed by atoms with van der Waals surface area (Å²) in [5.41, 5.74) is 0. The zero-order valence-electron chi connectivity index (χ0n) is 17.0. The molecule has 1 heterocycles. The van der Waals surface area contributed by atoms with Crippen LogP contribution in [0.15, 0.2) is 4.99 Å². The molecule has 1 aliphatic heterocycles. The van der Waals surface area contributed by atoms with Gasteiger partial charge >= 0.3 is 0 Å². The molecule has 2 rings (SSSR count). The molecule has 1 saturated carbocycles. The standard InChI is InChI=1S/C20H40N4O.HI/c1-3-24-15-10-11-18(24)17-23-20(21-2)22-14-8-5-9-16-25-19-12-6-4-7-13-19;/h18-19H,3-17H2,1-2H3,(H2,21,22,23);1H. The fourth-order valence-electron chi connectivity index (χ4n) is 4.07. The van der Waals surface area contributed by atoms with Gasteiger partial charge in [-0.25, -0.2) is 0 Å². The van der Waals surface area contributed by atoms with Gasteiger partial charge in [-0.15, -0.1) is 24.0 Å². The maximum atomic E-state index is 5.99. The van der Waals surface area contributed by atoms with Crippen molar-refractivity contribution >= 4 is 29.9 Å². The number of nitrogens with zero attached hydrogens (tertiary/aromatic N) is 2. The summed E-state index contributed by atoms with van der Waals surface area (Å²) in [5, 5.41) is 6.94. The third-order valence-electron chi connectivity index (χ3n) is 5.65. The van der Waals surface area contributed by atoms with Crippen molar-refractivity contribution < 1.29 is 4.74 Å².